The molecule has 0 aromatic heterocycles. The van der Waals surface area contributed by atoms with Crippen molar-refractivity contribution in [2.45, 2.75) is 32.9 Å². The lowest BCUT2D eigenvalue weighted by molar-refractivity contribution is 0.250. The zero-order valence-corrected chi connectivity index (χ0v) is 8.32. The Labute approximate surface area is 79.0 Å². The molecule has 13 heavy (non-hydrogen) atoms. The third-order valence-corrected chi connectivity index (χ3v) is 2.48. The van der Waals surface area contributed by atoms with E-state index in [1.807, 2.05) is 6.92 Å². The Morgan fingerprint density at radius 2 is 2.23 bits per heavy atom. The van der Waals surface area contributed by atoms with Crippen LogP contribution in [0.1, 0.15) is 20.8 Å². The van der Waals surface area contributed by atoms with Gasteiger partial charge in [0.15, 0.2) is 5.90 Å². The quantitative estimate of drug-likeness (QED) is 0.602. The molecule has 0 bridgehead atoms. The van der Waals surface area contributed by atoms with Crippen molar-refractivity contribution in [1.82, 2.24) is 0 Å². The van der Waals surface area contributed by atoms with Gasteiger partial charge in [0.1, 0.15) is 12.1 Å². The second-order valence-corrected chi connectivity index (χ2v) is 3.90. The fourth-order valence-corrected chi connectivity index (χ4v) is 1.71. The van der Waals surface area contributed by atoms with Crippen molar-refractivity contribution < 1.29 is 4.74 Å². The fourth-order valence-electron chi connectivity index (χ4n) is 1.71. The number of hydrogen-bond acceptors (Lipinski definition) is 2. The minimum Gasteiger partial charge on any atom is -0.471 e. The third-order valence-electron chi connectivity index (χ3n) is 2.48. The van der Waals surface area contributed by atoms with E-state index in [0.29, 0.717) is 5.92 Å². The Kier molecular flexibility index (Phi) is 1.98. The van der Waals surface area contributed by atoms with Crippen molar-refractivity contribution in [2.24, 2.45) is 10.9 Å². The lowest BCUT2D eigenvalue weighted by Crippen LogP contribution is -2.21. The van der Waals surface area contributed by atoms with Gasteiger partial charge in [0.2, 0.25) is 0 Å². The molecule has 0 spiro atoms. The average molecular weight is 177 g/mol. The Morgan fingerprint density at radius 1 is 1.46 bits per heavy atom. The molecule has 0 radical (unpaired) electrons. The van der Waals surface area contributed by atoms with Gasteiger partial charge in [-0.25, -0.2) is 4.99 Å². The highest BCUT2D eigenvalue weighted by Gasteiger charge is 2.28. The lowest BCUT2D eigenvalue weighted by Gasteiger charge is -2.18. The van der Waals surface area contributed by atoms with E-state index < -0.39 is 0 Å². The van der Waals surface area contributed by atoms with Crippen LogP contribution in [0.25, 0.3) is 0 Å². The monoisotopic (exact) mass is 177 g/mol. The van der Waals surface area contributed by atoms with Crippen LogP contribution in [0.4, 0.5) is 0 Å². The SMILES string of the molecule is CC1=NC2C=CC(C(C)C)=CC2O1. The standard InChI is InChI=1S/C11H15NO/c1-7(2)9-4-5-10-11(6-9)13-8(3)12-10/h4-7,10-11H,1-3H3. The van der Waals surface area contributed by atoms with E-state index in [4.69, 9.17) is 4.74 Å². The summed E-state index contributed by atoms with van der Waals surface area (Å²) in [5.74, 6) is 1.38. The Hall–Kier alpha value is -1.05. The summed E-state index contributed by atoms with van der Waals surface area (Å²) < 4.78 is 5.57. The highest BCUT2D eigenvalue weighted by Crippen LogP contribution is 2.25. The van der Waals surface area contributed by atoms with Crippen LogP contribution in [0.3, 0.4) is 0 Å². The number of ether oxygens (including phenoxy) is 1. The molecule has 2 unspecified atom stereocenters. The summed E-state index contributed by atoms with van der Waals surface area (Å²) in [4.78, 5) is 4.37. The molecule has 1 aliphatic carbocycles. The highest BCUT2D eigenvalue weighted by molar-refractivity contribution is 5.76. The molecule has 2 heteroatoms. The predicted molar refractivity (Wildman–Crippen MR) is 53.8 cm³/mol. The van der Waals surface area contributed by atoms with Gasteiger partial charge in [-0.1, -0.05) is 26.0 Å². The van der Waals surface area contributed by atoms with Gasteiger partial charge >= 0.3 is 0 Å². The number of fused-ring (bicyclic) bond motifs is 1. The summed E-state index contributed by atoms with van der Waals surface area (Å²) in [6.45, 7) is 6.30. The van der Waals surface area contributed by atoms with Gasteiger partial charge in [-0.05, 0) is 17.6 Å². The van der Waals surface area contributed by atoms with Gasteiger partial charge in [-0.3, -0.25) is 0 Å². The van der Waals surface area contributed by atoms with Gasteiger partial charge in [0.25, 0.3) is 0 Å². The van der Waals surface area contributed by atoms with Gasteiger partial charge < -0.3 is 4.74 Å². The summed E-state index contributed by atoms with van der Waals surface area (Å²) in [5.41, 5.74) is 1.35. The summed E-state index contributed by atoms with van der Waals surface area (Å²) in [6, 6.07) is 0.225. The van der Waals surface area contributed by atoms with Gasteiger partial charge in [-0.2, -0.15) is 0 Å². The fraction of sp³-hybridized carbons (Fsp3) is 0.545. The molecule has 0 aromatic carbocycles. The molecule has 0 fully saturated rings. The first-order valence-electron chi connectivity index (χ1n) is 4.78. The van der Waals surface area contributed by atoms with E-state index in [-0.39, 0.29) is 12.1 Å². The number of nitrogens with zero attached hydrogens (tertiary/aromatic N) is 1. The first kappa shape index (κ1) is 8.54. The van der Waals surface area contributed by atoms with Crippen molar-refractivity contribution in [1.29, 1.82) is 0 Å². The van der Waals surface area contributed by atoms with Crippen LogP contribution in [-0.4, -0.2) is 18.0 Å². The van der Waals surface area contributed by atoms with Crippen molar-refractivity contribution in [3.8, 4) is 0 Å². The van der Waals surface area contributed by atoms with Crippen molar-refractivity contribution in [3.05, 3.63) is 23.8 Å². The molecule has 0 amide bonds. The molecular weight excluding hydrogens is 162 g/mol. The minimum absolute atomic E-state index is 0.155. The molecule has 2 aliphatic rings. The highest BCUT2D eigenvalue weighted by atomic mass is 16.5. The van der Waals surface area contributed by atoms with Gasteiger partial charge in [-0.15, -0.1) is 0 Å². The van der Waals surface area contributed by atoms with Crippen LogP contribution in [0.2, 0.25) is 0 Å². The summed E-state index contributed by atoms with van der Waals surface area (Å²) in [7, 11) is 0. The number of rotatable bonds is 1. The maximum atomic E-state index is 5.57. The summed E-state index contributed by atoms with van der Waals surface area (Å²) in [5, 5.41) is 0. The largest absolute Gasteiger partial charge is 0.471 e. The van der Waals surface area contributed by atoms with Crippen molar-refractivity contribution in [2.75, 3.05) is 0 Å². The molecular formula is C11H15NO. The topological polar surface area (TPSA) is 21.6 Å². The van der Waals surface area contributed by atoms with E-state index >= 15 is 0 Å². The first-order valence-corrected chi connectivity index (χ1v) is 4.78. The first-order chi connectivity index (χ1) is 6.16. The molecule has 2 rings (SSSR count). The molecule has 0 aromatic rings. The number of hydrogen-bond donors (Lipinski definition) is 0. The molecule has 1 heterocycles. The van der Waals surface area contributed by atoms with Crippen LogP contribution in [0, 0.1) is 5.92 Å². The summed E-state index contributed by atoms with van der Waals surface area (Å²) in [6.07, 6.45) is 6.64. The number of allylic oxidation sites excluding steroid dienone is 2. The van der Waals surface area contributed by atoms with Crippen LogP contribution in [0.15, 0.2) is 28.8 Å². The van der Waals surface area contributed by atoms with E-state index in [9.17, 15) is 0 Å². The molecule has 2 nitrogen and oxygen atoms in total. The maximum Gasteiger partial charge on any atom is 0.181 e. The normalized spacial score (nSPS) is 31.1. The van der Waals surface area contributed by atoms with Crippen LogP contribution >= 0.6 is 0 Å². The van der Waals surface area contributed by atoms with Gasteiger partial charge in [0.05, 0.1) is 0 Å². The second-order valence-electron chi connectivity index (χ2n) is 3.90. The minimum atomic E-state index is 0.155. The summed E-state index contributed by atoms with van der Waals surface area (Å²) >= 11 is 0. The Balaban J connectivity index is 2.18. The Morgan fingerprint density at radius 3 is 2.92 bits per heavy atom. The smallest absolute Gasteiger partial charge is 0.181 e. The molecule has 0 saturated heterocycles. The zero-order chi connectivity index (χ0) is 9.42. The maximum absolute atomic E-state index is 5.57. The average Bonchev–Trinajstić information content (AvgIpc) is 2.42. The second kappa shape index (κ2) is 3.02. The predicted octanol–water partition coefficient (Wildman–Crippen LogP) is 2.32. The number of aliphatic imine (C=N–C) groups is 1. The van der Waals surface area contributed by atoms with E-state index in [1.165, 1.54) is 5.57 Å². The zero-order valence-electron chi connectivity index (χ0n) is 8.32. The van der Waals surface area contributed by atoms with E-state index in [1.54, 1.807) is 0 Å². The van der Waals surface area contributed by atoms with E-state index in [0.717, 1.165) is 5.90 Å². The third kappa shape index (κ3) is 1.53. The lowest BCUT2D eigenvalue weighted by atomic mass is 9.94. The van der Waals surface area contributed by atoms with Crippen molar-refractivity contribution in [3.63, 3.8) is 0 Å². The molecule has 70 valence electrons. The van der Waals surface area contributed by atoms with E-state index in [2.05, 4.69) is 37.1 Å². The molecule has 0 saturated carbocycles. The van der Waals surface area contributed by atoms with Crippen LogP contribution < -0.4 is 0 Å². The van der Waals surface area contributed by atoms with Crippen LogP contribution in [0.5, 0.6) is 0 Å². The molecule has 2 atom stereocenters. The Bertz CT molecular complexity index is 299. The van der Waals surface area contributed by atoms with Gasteiger partial charge in [0, 0.05) is 6.92 Å². The molecule has 1 aliphatic heterocycles. The van der Waals surface area contributed by atoms with Crippen molar-refractivity contribution >= 4 is 5.90 Å². The van der Waals surface area contributed by atoms with Crippen LogP contribution in [-0.2, 0) is 4.74 Å². The molecule has 0 N–H and O–H groups in total.